The van der Waals surface area contributed by atoms with Crippen LogP contribution in [0.25, 0.3) is 0 Å². The minimum Gasteiger partial charge on any atom is -0.492 e. The fraction of sp³-hybridized carbons (Fsp3) is 0.286. The Morgan fingerprint density at radius 1 is 1.42 bits per heavy atom. The van der Waals surface area contributed by atoms with E-state index in [0.29, 0.717) is 18.8 Å². The molecule has 1 heterocycles. The number of hydrogen-bond donors (Lipinski definition) is 1. The lowest BCUT2D eigenvalue weighted by Crippen LogP contribution is -2.08. The summed E-state index contributed by atoms with van der Waals surface area (Å²) in [7, 11) is 1.87. The van der Waals surface area contributed by atoms with Crippen molar-refractivity contribution in [2.75, 3.05) is 6.61 Å². The first-order valence-corrected chi connectivity index (χ1v) is 6.01. The number of carboxylic acid groups (broad SMARTS) is 1. The molecule has 0 radical (unpaired) electrons. The van der Waals surface area contributed by atoms with E-state index >= 15 is 0 Å². The second-order valence-electron chi connectivity index (χ2n) is 4.35. The van der Waals surface area contributed by atoms with Gasteiger partial charge in [0.25, 0.3) is 0 Å². The lowest BCUT2D eigenvalue weighted by molar-refractivity contribution is 0.0692. The third kappa shape index (κ3) is 3.13. The molecular formula is C14H16N2O3. The normalized spacial score (nSPS) is 10.4. The zero-order valence-electron chi connectivity index (χ0n) is 11.0. The Morgan fingerprint density at radius 3 is 2.84 bits per heavy atom. The summed E-state index contributed by atoms with van der Waals surface area (Å²) < 4.78 is 7.36. The first kappa shape index (κ1) is 13.1. The van der Waals surface area contributed by atoms with Crippen LogP contribution in [0.4, 0.5) is 0 Å². The zero-order chi connectivity index (χ0) is 13.8. The van der Waals surface area contributed by atoms with E-state index in [1.165, 1.54) is 0 Å². The summed E-state index contributed by atoms with van der Waals surface area (Å²) in [6.07, 6.45) is 2.41. The molecule has 5 heteroatoms. The maximum atomic E-state index is 11.1. The lowest BCUT2D eigenvalue weighted by atomic mass is 10.1. The van der Waals surface area contributed by atoms with Crippen LogP contribution in [0, 0.1) is 6.92 Å². The van der Waals surface area contributed by atoms with E-state index in [4.69, 9.17) is 9.84 Å². The Balaban J connectivity index is 2.05. The molecule has 0 amide bonds. The highest BCUT2D eigenvalue weighted by molar-refractivity contribution is 5.90. The van der Waals surface area contributed by atoms with Gasteiger partial charge in [-0.25, -0.2) is 4.79 Å². The Kier molecular flexibility index (Phi) is 3.85. The number of hydrogen-bond acceptors (Lipinski definition) is 3. The van der Waals surface area contributed by atoms with Crippen molar-refractivity contribution in [1.29, 1.82) is 0 Å². The summed E-state index contributed by atoms with van der Waals surface area (Å²) in [5.74, 6) is -0.565. The number of aryl methyl sites for hydroxylation is 2. The maximum absolute atomic E-state index is 11.1. The molecule has 2 rings (SSSR count). The summed E-state index contributed by atoms with van der Waals surface area (Å²) in [6, 6.07) is 6.99. The largest absolute Gasteiger partial charge is 0.492 e. The third-order valence-electron chi connectivity index (χ3n) is 2.91. The quantitative estimate of drug-likeness (QED) is 0.893. The average Bonchev–Trinajstić information content (AvgIpc) is 2.75. The van der Waals surface area contributed by atoms with Crippen LogP contribution in [0.1, 0.15) is 21.6 Å². The van der Waals surface area contributed by atoms with E-state index in [-0.39, 0.29) is 5.56 Å². The summed E-state index contributed by atoms with van der Waals surface area (Å²) in [6.45, 7) is 2.32. The maximum Gasteiger partial charge on any atom is 0.339 e. The number of rotatable bonds is 5. The Bertz CT molecular complexity index is 590. The van der Waals surface area contributed by atoms with Crippen molar-refractivity contribution in [2.24, 2.45) is 7.05 Å². The van der Waals surface area contributed by atoms with Crippen molar-refractivity contribution < 1.29 is 14.6 Å². The molecule has 0 atom stereocenters. The average molecular weight is 260 g/mol. The first-order valence-electron chi connectivity index (χ1n) is 6.01. The van der Waals surface area contributed by atoms with E-state index in [9.17, 15) is 4.79 Å². The van der Waals surface area contributed by atoms with Crippen LogP contribution >= 0.6 is 0 Å². The molecule has 1 aromatic heterocycles. The van der Waals surface area contributed by atoms with Crippen LogP contribution in [-0.4, -0.2) is 27.5 Å². The number of ether oxygens (including phenoxy) is 1. The van der Waals surface area contributed by atoms with Crippen LogP contribution in [0.15, 0.2) is 30.5 Å². The van der Waals surface area contributed by atoms with Crippen molar-refractivity contribution in [2.45, 2.75) is 13.3 Å². The second-order valence-corrected chi connectivity index (χ2v) is 4.35. The standard InChI is InChI=1S/C14H16N2O3/c1-10-3-4-12(14(17)18)13(9-10)19-8-6-11-5-7-15-16(11)2/h3-5,7,9H,6,8H2,1-2H3,(H,17,18). The van der Waals surface area contributed by atoms with Gasteiger partial charge in [-0.05, 0) is 30.7 Å². The summed E-state index contributed by atoms with van der Waals surface area (Å²) in [5, 5.41) is 13.2. The molecule has 19 heavy (non-hydrogen) atoms. The van der Waals surface area contributed by atoms with Crippen molar-refractivity contribution in [3.8, 4) is 5.75 Å². The lowest BCUT2D eigenvalue weighted by Gasteiger charge is -2.10. The number of benzene rings is 1. The van der Waals surface area contributed by atoms with Crippen molar-refractivity contribution in [1.82, 2.24) is 9.78 Å². The molecule has 1 aromatic carbocycles. The van der Waals surface area contributed by atoms with Gasteiger partial charge in [-0.1, -0.05) is 6.07 Å². The van der Waals surface area contributed by atoms with Gasteiger partial charge in [0.2, 0.25) is 0 Å². The minimum absolute atomic E-state index is 0.190. The van der Waals surface area contributed by atoms with Gasteiger partial charge in [-0.15, -0.1) is 0 Å². The smallest absolute Gasteiger partial charge is 0.339 e. The first-order chi connectivity index (χ1) is 9.08. The number of carbonyl (C=O) groups is 1. The number of carboxylic acids is 1. The molecule has 0 spiro atoms. The molecule has 0 saturated carbocycles. The van der Waals surface area contributed by atoms with E-state index in [2.05, 4.69) is 5.10 Å². The summed E-state index contributed by atoms with van der Waals surface area (Å²) in [5.41, 5.74) is 2.21. The van der Waals surface area contributed by atoms with E-state index < -0.39 is 5.97 Å². The highest BCUT2D eigenvalue weighted by atomic mass is 16.5. The molecular weight excluding hydrogens is 244 g/mol. The molecule has 5 nitrogen and oxygen atoms in total. The Hall–Kier alpha value is -2.30. The van der Waals surface area contributed by atoms with Crippen LogP contribution in [0.5, 0.6) is 5.75 Å². The van der Waals surface area contributed by atoms with Gasteiger partial charge in [0.1, 0.15) is 11.3 Å². The molecule has 0 aliphatic rings. The van der Waals surface area contributed by atoms with Gasteiger partial charge >= 0.3 is 5.97 Å². The Labute approximate surface area is 111 Å². The molecule has 100 valence electrons. The van der Waals surface area contributed by atoms with Gasteiger partial charge in [-0.3, -0.25) is 4.68 Å². The predicted octanol–water partition coefficient (Wildman–Crippen LogP) is 2.05. The molecule has 1 N–H and O–H groups in total. The van der Waals surface area contributed by atoms with Crippen LogP contribution < -0.4 is 4.74 Å². The highest BCUT2D eigenvalue weighted by Gasteiger charge is 2.11. The molecule has 0 unspecified atom stereocenters. The highest BCUT2D eigenvalue weighted by Crippen LogP contribution is 2.20. The molecule has 0 aliphatic heterocycles. The predicted molar refractivity (Wildman–Crippen MR) is 70.5 cm³/mol. The van der Waals surface area contributed by atoms with E-state index in [1.807, 2.05) is 20.0 Å². The van der Waals surface area contributed by atoms with Gasteiger partial charge in [-0.2, -0.15) is 5.10 Å². The fourth-order valence-corrected chi connectivity index (χ4v) is 1.84. The second kappa shape index (κ2) is 5.56. The number of aromatic carboxylic acids is 1. The molecule has 0 bridgehead atoms. The minimum atomic E-state index is -0.976. The fourth-order valence-electron chi connectivity index (χ4n) is 1.84. The van der Waals surface area contributed by atoms with Crippen molar-refractivity contribution in [3.05, 3.63) is 47.3 Å². The third-order valence-corrected chi connectivity index (χ3v) is 2.91. The van der Waals surface area contributed by atoms with Gasteiger partial charge < -0.3 is 9.84 Å². The van der Waals surface area contributed by atoms with E-state index in [0.717, 1.165) is 11.3 Å². The van der Waals surface area contributed by atoms with Crippen LogP contribution in [-0.2, 0) is 13.5 Å². The van der Waals surface area contributed by atoms with E-state index in [1.54, 1.807) is 29.1 Å². The molecule has 0 aliphatic carbocycles. The summed E-state index contributed by atoms with van der Waals surface area (Å²) >= 11 is 0. The number of nitrogens with zero attached hydrogens (tertiary/aromatic N) is 2. The number of aromatic nitrogens is 2. The topological polar surface area (TPSA) is 64.3 Å². The zero-order valence-corrected chi connectivity index (χ0v) is 11.0. The SMILES string of the molecule is Cc1ccc(C(=O)O)c(OCCc2ccnn2C)c1. The summed E-state index contributed by atoms with van der Waals surface area (Å²) in [4.78, 5) is 11.1. The molecule has 0 fully saturated rings. The van der Waals surface area contributed by atoms with Gasteiger partial charge in [0, 0.05) is 25.4 Å². The van der Waals surface area contributed by atoms with Crippen LogP contribution in [0.3, 0.4) is 0 Å². The molecule has 2 aromatic rings. The van der Waals surface area contributed by atoms with Crippen LogP contribution in [0.2, 0.25) is 0 Å². The van der Waals surface area contributed by atoms with Gasteiger partial charge in [0.15, 0.2) is 0 Å². The van der Waals surface area contributed by atoms with Crippen molar-refractivity contribution in [3.63, 3.8) is 0 Å². The Morgan fingerprint density at radius 2 is 2.21 bits per heavy atom. The van der Waals surface area contributed by atoms with Crippen molar-refractivity contribution >= 4 is 5.97 Å². The van der Waals surface area contributed by atoms with Gasteiger partial charge in [0.05, 0.1) is 6.61 Å². The monoisotopic (exact) mass is 260 g/mol. The molecule has 0 saturated heterocycles.